The fourth-order valence-electron chi connectivity index (χ4n) is 2.81. The first-order valence-corrected chi connectivity index (χ1v) is 7.93. The van der Waals surface area contributed by atoms with Crippen LogP contribution in [0.4, 0.5) is 0 Å². The molecule has 5 nitrogen and oxygen atoms in total. The molecule has 2 rings (SSSR count). The number of carbonyl (C=O) groups excluding carboxylic acids is 2. The molecule has 1 atom stereocenters. The summed E-state index contributed by atoms with van der Waals surface area (Å²) in [6.45, 7) is 3.43. The number of amides is 2. The van der Waals surface area contributed by atoms with E-state index in [4.69, 9.17) is 5.73 Å². The predicted octanol–water partition coefficient (Wildman–Crippen LogP) is 1.07. The van der Waals surface area contributed by atoms with E-state index in [0.29, 0.717) is 6.42 Å². The van der Waals surface area contributed by atoms with E-state index in [-0.39, 0.29) is 23.9 Å². The molecule has 1 aliphatic rings. The molecule has 2 amide bonds. The fourth-order valence-corrected chi connectivity index (χ4v) is 2.81. The highest BCUT2D eigenvalue weighted by Crippen LogP contribution is 2.13. The molecule has 0 bridgehead atoms. The molecule has 3 N–H and O–H groups in total. The lowest BCUT2D eigenvalue weighted by atomic mass is 10.0. The molecule has 1 aromatic carbocycles. The standard InChI is InChI=1S/C17H25N3O2/c1-13(17(18)22)20-11-9-15(10-12-20)19-16(21)8-7-14-5-3-2-4-6-14/h2-6,13,15H,7-12H2,1H3,(H2,18,22)(H,19,21). The Morgan fingerprint density at radius 2 is 1.91 bits per heavy atom. The van der Waals surface area contributed by atoms with Crippen LogP contribution in [0.25, 0.3) is 0 Å². The maximum absolute atomic E-state index is 12.0. The van der Waals surface area contributed by atoms with Crippen molar-refractivity contribution in [2.24, 2.45) is 5.73 Å². The van der Waals surface area contributed by atoms with Crippen molar-refractivity contribution >= 4 is 11.8 Å². The highest BCUT2D eigenvalue weighted by atomic mass is 16.2. The molecule has 1 aliphatic heterocycles. The molecule has 1 heterocycles. The lowest BCUT2D eigenvalue weighted by molar-refractivity contribution is -0.124. The van der Waals surface area contributed by atoms with Gasteiger partial charge in [0.1, 0.15) is 0 Å². The van der Waals surface area contributed by atoms with E-state index < -0.39 is 0 Å². The summed E-state index contributed by atoms with van der Waals surface area (Å²) >= 11 is 0. The minimum atomic E-state index is -0.287. The van der Waals surface area contributed by atoms with Gasteiger partial charge < -0.3 is 11.1 Å². The first-order valence-electron chi connectivity index (χ1n) is 7.93. The number of carbonyl (C=O) groups is 2. The molecular weight excluding hydrogens is 278 g/mol. The third-order valence-electron chi connectivity index (χ3n) is 4.34. The molecule has 120 valence electrons. The largest absolute Gasteiger partial charge is 0.368 e. The van der Waals surface area contributed by atoms with Crippen LogP contribution in [0.2, 0.25) is 0 Å². The summed E-state index contributed by atoms with van der Waals surface area (Å²) in [7, 11) is 0. The molecule has 0 radical (unpaired) electrons. The Hall–Kier alpha value is -1.88. The van der Waals surface area contributed by atoms with Gasteiger partial charge in [0.25, 0.3) is 0 Å². The number of likely N-dealkylation sites (tertiary alicyclic amines) is 1. The average Bonchev–Trinajstić information content (AvgIpc) is 2.54. The summed E-state index contributed by atoms with van der Waals surface area (Å²) in [4.78, 5) is 25.3. The number of benzene rings is 1. The minimum absolute atomic E-state index is 0.102. The number of nitrogens with one attached hydrogen (secondary N) is 1. The van der Waals surface area contributed by atoms with Crippen LogP contribution in [-0.2, 0) is 16.0 Å². The second-order valence-electron chi connectivity index (χ2n) is 5.94. The van der Waals surface area contributed by atoms with Gasteiger partial charge in [-0.3, -0.25) is 14.5 Å². The van der Waals surface area contributed by atoms with Crippen molar-refractivity contribution in [2.75, 3.05) is 13.1 Å². The molecule has 0 aromatic heterocycles. The Labute approximate surface area is 131 Å². The van der Waals surface area contributed by atoms with Crippen LogP contribution in [-0.4, -0.2) is 41.9 Å². The van der Waals surface area contributed by atoms with Gasteiger partial charge in [-0.25, -0.2) is 0 Å². The van der Waals surface area contributed by atoms with E-state index >= 15 is 0 Å². The van der Waals surface area contributed by atoms with Gasteiger partial charge in [-0.1, -0.05) is 30.3 Å². The lowest BCUT2D eigenvalue weighted by Gasteiger charge is -2.34. The zero-order valence-corrected chi connectivity index (χ0v) is 13.1. The maximum Gasteiger partial charge on any atom is 0.234 e. The third-order valence-corrected chi connectivity index (χ3v) is 4.34. The normalized spacial score (nSPS) is 17.9. The van der Waals surface area contributed by atoms with Gasteiger partial charge in [-0.2, -0.15) is 0 Å². The monoisotopic (exact) mass is 303 g/mol. The van der Waals surface area contributed by atoms with Gasteiger partial charge in [0.05, 0.1) is 6.04 Å². The number of nitrogens with two attached hydrogens (primary N) is 1. The highest BCUT2D eigenvalue weighted by Gasteiger charge is 2.25. The molecule has 0 aliphatic carbocycles. The van der Waals surface area contributed by atoms with E-state index in [2.05, 4.69) is 10.2 Å². The third kappa shape index (κ3) is 4.84. The lowest BCUT2D eigenvalue weighted by Crippen LogP contribution is -2.50. The number of nitrogens with zero attached hydrogens (tertiary/aromatic N) is 1. The summed E-state index contributed by atoms with van der Waals surface area (Å²) in [6.07, 6.45) is 3.02. The van der Waals surface area contributed by atoms with E-state index in [1.54, 1.807) is 0 Å². The van der Waals surface area contributed by atoms with Gasteiger partial charge in [0, 0.05) is 25.6 Å². The van der Waals surface area contributed by atoms with Crippen molar-refractivity contribution in [1.29, 1.82) is 0 Å². The van der Waals surface area contributed by atoms with Crippen molar-refractivity contribution in [3.05, 3.63) is 35.9 Å². The van der Waals surface area contributed by atoms with Crippen LogP contribution >= 0.6 is 0 Å². The maximum atomic E-state index is 12.0. The molecule has 0 spiro atoms. The summed E-state index contributed by atoms with van der Waals surface area (Å²) in [5.74, 6) is -0.185. The predicted molar refractivity (Wildman–Crippen MR) is 86.2 cm³/mol. The molecule has 1 aromatic rings. The van der Waals surface area contributed by atoms with Crippen molar-refractivity contribution in [3.63, 3.8) is 0 Å². The SMILES string of the molecule is CC(C(N)=O)N1CCC(NC(=O)CCc2ccccc2)CC1. The van der Waals surface area contributed by atoms with Gasteiger partial charge in [-0.15, -0.1) is 0 Å². The molecular formula is C17H25N3O2. The number of aryl methyl sites for hydroxylation is 1. The van der Waals surface area contributed by atoms with Crippen LogP contribution in [0.15, 0.2) is 30.3 Å². The summed E-state index contributed by atoms with van der Waals surface area (Å²) in [5.41, 5.74) is 6.51. The Morgan fingerprint density at radius 1 is 1.27 bits per heavy atom. The fraction of sp³-hybridized carbons (Fsp3) is 0.529. The Bertz CT molecular complexity index is 496. The zero-order valence-electron chi connectivity index (χ0n) is 13.1. The second-order valence-corrected chi connectivity index (χ2v) is 5.94. The van der Waals surface area contributed by atoms with Gasteiger partial charge in [-0.05, 0) is 31.7 Å². The smallest absolute Gasteiger partial charge is 0.234 e. The van der Waals surface area contributed by atoms with E-state index in [9.17, 15) is 9.59 Å². The van der Waals surface area contributed by atoms with Crippen LogP contribution < -0.4 is 11.1 Å². The Morgan fingerprint density at radius 3 is 2.50 bits per heavy atom. The van der Waals surface area contributed by atoms with Crippen molar-refractivity contribution in [2.45, 2.75) is 44.7 Å². The van der Waals surface area contributed by atoms with Gasteiger partial charge in [0.15, 0.2) is 0 Å². The first-order chi connectivity index (χ1) is 10.6. The number of piperidine rings is 1. The van der Waals surface area contributed by atoms with Crippen molar-refractivity contribution in [3.8, 4) is 0 Å². The molecule has 1 unspecified atom stereocenters. The topological polar surface area (TPSA) is 75.4 Å². The molecule has 1 fully saturated rings. The molecule has 5 heteroatoms. The molecule has 0 saturated carbocycles. The molecule has 1 saturated heterocycles. The van der Waals surface area contributed by atoms with Crippen LogP contribution in [0.3, 0.4) is 0 Å². The van der Waals surface area contributed by atoms with E-state index in [1.807, 2.05) is 37.3 Å². The van der Waals surface area contributed by atoms with Crippen molar-refractivity contribution < 1.29 is 9.59 Å². The summed E-state index contributed by atoms with van der Waals surface area (Å²) in [5, 5.41) is 3.10. The number of hydrogen-bond donors (Lipinski definition) is 2. The molecule has 22 heavy (non-hydrogen) atoms. The quantitative estimate of drug-likeness (QED) is 0.825. The zero-order chi connectivity index (χ0) is 15.9. The van der Waals surface area contributed by atoms with Crippen LogP contribution in [0, 0.1) is 0 Å². The van der Waals surface area contributed by atoms with Crippen LogP contribution in [0.1, 0.15) is 31.7 Å². The highest BCUT2D eigenvalue weighted by molar-refractivity contribution is 5.79. The van der Waals surface area contributed by atoms with Gasteiger partial charge in [0.2, 0.25) is 11.8 Å². The van der Waals surface area contributed by atoms with Crippen LogP contribution in [0.5, 0.6) is 0 Å². The number of primary amides is 1. The van der Waals surface area contributed by atoms with E-state index in [1.165, 1.54) is 5.56 Å². The van der Waals surface area contributed by atoms with Gasteiger partial charge >= 0.3 is 0 Å². The number of rotatable bonds is 6. The average molecular weight is 303 g/mol. The summed E-state index contributed by atoms with van der Waals surface area (Å²) < 4.78 is 0. The second kappa shape index (κ2) is 7.94. The van der Waals surface area contributed by atoms with Crippen molar-refractivity contribution in [1.82, 2.24) is 10.2 Å². The van der Waals surface area contributed by atoms with E-state index in [0.717, 1.165) is 32.4 Å². The Balaban J connectivity index is 1.69. The number of hydrogen-bond acceptors (Lipinski definition) is 3. The first kappa shape index (κ1) is 16.5. The Kier molecular flexibility index (Phi) is 5.95. The minimum Gasteiger partial charge on any atom is -0.368 e. The summed E-state index contributed by atoms with van der Waals surface area (Å²) in [6, 6.07) is 10.0.